The van der Waals surface area contributed by atoms with Crippen molar-refractivity contribution < 1.29 is 14.7 Å². The summed E-state index contributed by atoms with van der Waals surface area (Å²) in [4.78, 5) is 27.4. The van der Waals surface area contributed by atoms with Crippen LogP contribution in [0.3, 0.4) is 0 Å². The van der Waals surface area contributed by atoms with E-state index >= 15 is 0 Å². The molecule has 1 unspecified atom stereocenters. The maximum Gasteiger partial charge on any atom is 0.326 e. The highest BCUT2D eigenvalue weighted by atomic mass is 32.2. The Hall–Kier alpha value is -2.31. The van der Waals surface area contributed by atoms with Crippen LogP contribution in [0.15, 0.2) is 42.5 Å². The van der Waals surface area contributed by atoms with Crippen molar-refractivity contribution >= 4 is 23.6 Å². The van der Waals surface area contributed by atoms with E-state index < -0.39 is 12.0 Å². The van der Waals surface area contributed by atoms with Crippen LogP contribution in [0.4, 0.5) is 0 Å². The molecule has 0 saturated carbocycles. The van der Waals surface area contributed by atoms with E-state index in [0.717, 1.165) is 49.2 Å². The Labute approximate surface area is 209 Å². The number of nitrogens with one attached hydrogen (secondary N) is 1. The third-order valence-corrected chi connectivity index (χ3v) is 6.68. The van der Waals surface area contributed by atoms with E-state index in [1.807, 2.05) is 49.6 Å². The molecule has 0 aliphatic heterocycles. The van der Waals surface area contributed by atoms with Crippen LogP contribution < -0.4 is 5.32 Å². The molecule has 2 aromatic carbocycles. The average molecular weight is 485 g/mol. The number of unbranched alkanes of at least 4 members (excludes halogenated alkanes) is 2. The predicted molar refractivity (Wildman–Crippen MR) is 144 cm³/mol. The molecule has 0 bridgehead atoms. The summed E-state index contributed by atoms with van der Waals surface area (Å²) in [6.45, 7) is 9.43. The van der Waals surface area contributed by atoms with E-state index in [9.17, 15) is 14.7 Å². The van der Waals surface area contributed by atoms with Gasteiger partial charge in [-0.1, -0.05) is 57.0 Å². The number of carbonyl (C=O) groups is 2. The molecule has 1 amide bonds. The van der Waals surface area contributed by atoms with Gasteiger partial charge < -0.3 is 10.4 Å². The lowest BCUT2D eigenvalue weighted by Crippen LogP contribution is -2.41. The second kappa shape index (κ2) is 14.8. The van der Waals surface area contributed by atoms with Crippen LogP contribution in [0.25, 0.3) is 11.1 Å². The van der Waals surface area contributed by atoms with Crippen molar-refractivity contribution in [3.05, 3.63) is 59.2 Å². The Kier molecular flexibility index (Phi) is 12.2. The molecule has 34 heavy (non-hydrogen) atoms. The monoisotopic (exact) mass is 484 g/mol. The number of aliphatic carboxylic acids is 1. The van der Waals surface area contributed by atoms with Crippen molar-refractivity contribution in [2.75, 3.05) is 25.1 Å². The topological polar surface area (TPSA) is 69.6 Å². The average Bonchev–Trinajstić information content (AvgIpc) is 2.83. The highest BCUT2D eigenvalue weighted by Crippen LogP contribution is 2.29. The van der Waals surface area contributed by atoms with Crippen molar-refractivity contribution in [3.63, 3.8) is 0 Å². The van der Waals surface area contributed by atoms with Crippen LogP contribution in [0.1, 0.15) is 67.4 Å². The molecule has 0 aliphatic rings. The Bertz CT molecular complexity index is 924. The van der Waals surface area contributed by atoms with Gasteiger partial charge in [0.15, 0.2) is 0 Å². The molecule has 1 atom stereocenters. The molecule has 5 nitrogen and oxygen atoms in total. The maximum absolute atomic E-state index is 13.3. The Morgan fingerprint density at radius 3 is 2.29 bits per heavy atom. The number of benzene rings is 2. The van der Waals surface area contributed by atoms with Gasteiger partial charge in [-0.15, -0.1) is 0 Å². The molecule has 186 valence electrons. The number of amides is 1. The molecule has 0 spiro atoms. The third-order valence-electron chi connectivity index (χ3n) is 6.04. The molecular weight excluding hydrogens is 444 g/mol. The summed E-state index contributed by atoms with van der Waals surface area (Å²) < 4.78 is 0. The van der Waals surface area contributed by atoms with E-state index in [2.05, 4.69) is 30.1 Å². The van der Waals surface area contributed by atoms with Crippen molar-refractivity contribution in [2.24, 2.45) is 0 Å². The zero-order valence-corrected chi connectivity index (χ0v) is 21.9. The minimum absolute atomic E-state index is 0.341. The molecule has 0 aromatic heterocycles. The van der Waals surface area contributed by atoms with Gasteiger partial charge in [0.1, 0.15) is 6.04 Å². The Morgan fingerprint density at radius 1 is 1.03 bits per heavy atom. The van der Waals surface area contributed by atoms with Gasteiger partial charge in [-0.25, -0.2) is 4.79 Å². The first-order valence-corrected chi connectivity index (χ1v) is 13.7. The number of hydrogen-bond donors (Lipinski definition) is 2. The molecule has 0 heterocycles. The van der Waals surface area contributed by atoms with Crippen molar-refractivity contribution in [1.82, 2.24) is 10.2 Å². The first-order valence-electron chi connectivity index (χ1n) is 12.3. The summed E-state index contributed by atoms with van der Waals surface area (Å²) in [6.07, 6.45) is 6.99. The first kappa shape index (κ1) is 27.9. The van der Waals surface area contributed by atoms with Crippen LogP contribution >= 0.6 is 11.8 Å². The fraction of sp³-hybridized carbons (Fsp3) is 0.500. The van der Waals surface area contributed by atoms with Gasteiger partial charge in [0.05, 0.1) is 0 Å². The van der Waals surface area contributed by atoms with Gasteiger partial charge in [0, 0.05) is 12.1 Å². The molecular formula is C28H40N2O3S. The lowest BCUT2D eigenvalue weighted by Gasteiger charge is -2.23. The lowest BCUT2D eigenvalue weighted by molar-refractivity contribution is -0.139. The van der Waals surface area contributed by atoms with E-state index in [1.54, 1.807) is 11.8 Å². The molecule has 2 aromatic rings. The maximum atomic E-state index is 13.3. The number of carboxylic acids is 1. The predicted octanol–water partition coefficient (Wildman–Crippen LogP) is 6.00. The largest absolute Gasteiger partial charge is 0.480 e. The van der Waals surface area contributed by atoms with E-state index in [-0.39, 0.29) is 5.91 Å². The number of aryl methyl sites for hydroxylation is 1. The van der Waals surface area contributed by atoms with E-state index in [1.165, 1.54) is 18.4 Å². The quantitative estimate of drug-likeness (QED) is 0.324. The van der Waals surface area contributed by atoms with Crippen LogP contribution in [-0.4, -0.2) is 53.0 Å². The van der Waals surface area contributed by atoms with E-state index in [4.69, 9.17) is 0 Å². The van der Waals surface area contributed by atoms with Crippen LogP contribution in [0, 0.1) is 6.92 Å². The lowest BCUT2D eigenvalue weighted by atomic mass is 9.93. The summed E-state index contributed by atoms with van der Waals surface area (Å²) in [7, 11) is 0. The summed E-state index contributed by atoms with van der Waals surface area (Å²) in [5.74, 6) is -0.669. The zero-order chi connectivity index (χ0) is 24.9. The number of nitrogens with zero attached hydrogens (tertiary/aromatic N) is 1. The normalized spacial score (nSPS) is 12.0. The highest BCUT2D eigenvalue weighted by molar-refractivity contribution is 7.98. The third kappa shape index (κ3) is 8.48. The SMILES string of the molecule is CCCCN(CCCC)Cc1ccc(C(=O)NC(CCSC)C(=O)O)c(-c2ccccc2C)c1. The highest BCUT2D eigenvalue weighted by Gasteiger charge is 2.23. The molecule has 0 fully saturated rings. The van der Waals surface area contributed by atoms with Gasteiger partial charge in [-0.05, 0) is 85.7 Å². The number of hydrogen-bond acceptors (Lipinski definition) is 4. The van der Waals surface area contributed by atoms with E-state index in [0.29, 0.717) is 17.7 Å². The standard InChI is InChI=1S/C28H40N2O3S/c1-5-7-16-30(17-8-6-2)20-22-13-14-24(25(19-22)23-12-10-9-11-21(23)3)27(31)29-26(28(32)33)15-18-34-4/h9-14,19,26H,5-8,15-18,20H2,1-4H3,(H,29,31)(H,32,33). The molecule has 0 aliphatic carbocycles. The van der Waals surface area contributed by atoms with Gasteiger partial charge in [0.25, 0.3) is 5.91 Å². The minimum atomic E-state index is -1.00. The van der Waals surface area contributed by atoms with Gasteiger partial charge in [-0.3, -0.25) is 9.69 Å². The fourth-order valence-corrected chi connectivity index (χ4v) is 4.48. The smallest absolute Gasteiger partial charge is 0.326 e. The summed E-state index contributed by atoms with van der Waals surface area (Å²) >= 11 is 1.57. The summed E-state index contributed by atoms with van der Waals surface area (Å²) in [5.41, 5.74) is 4.62. The number of carboxylic acid groups (broad SMARTS) is 1. The number of thioether (sulfide) groups is 1. The molecule has 0 saturated heterocycles. The van der Waals surface area contributed by atoms with Crippen molar-refractivity contribution in [2.45, 2.75) is 65.5 Å². The second-order valence-corrected chi connectivity index (χ2v) is 9.81. The Morgan fingerprint density at radius 2 is 1.71 bits per heavy atom. The van der Waals surface area contributed by atoms with Gasteiger partial charge in [-0.2, -0.15) is 11.8 Å². The van der Waals surface area contributed by atoms with Crippen LogP contribution in [0.5, 0.6) is 0 Å². The molecule has 2 rings (SSSR count). The summed E-state index contributed by atoms with van der Waals surface area (Å²) in [5, 5.41) is 12.3. The van der Waals surface area contributed by atoms with Crippen LogP contribution in [0.2, 0.25) is 0 Å². The molecule has 6 heteroatoms. The minimum Gasteiger partial charge on any atom is -0.480 e. The van der Waals surface area contributed by atoms with Crippen LogP contribution in [-0.2, 0) is 11.3 Å². The molecule has 2 N–H and O–H groups in total. The second-order valence-electron chi connectivity index (χ2n) is 8.82. The van der Waals surface area contributed by atoms with Crippen molar-refractivity contribution in [3.8, 4) is 11.1 Å². The Balaban J connectivity index is 2.40. The zero-order valence-electron chi connectivity index (χ0n) is 21.1. The van der Waals surface area contributed by atoms with Crippen molar-refractivity contribution in [1.29, 1.82) is 0 Å². The fourth-order valence-electron chi connectivity index (χ4n) is 4.01. The summed E-state index contributed by atoms with van der Waals surface area (Å²) in [6, 6.07) is 13.1. The van der Waals surface area contributed by atoms with Gasteiger partial charge >= 0.3 is 5.97 Å². The molecule has 0 radical (unpaired) electrons. The first-order chi connectivity index (χ1) is 16.4. The number of carbonyl (C=O) groups excluding carboxylic acids is 1. The number of rotatable bonds is 15. The van der Waals surface area contributed by atoms with Gasteiger partial charge in [0.2, 0.25) is 0 Å².